The average Bonchev–Trinajstić information content (AvgIpc) is 3.32. The molecule has 0 N–H and O–H groups in total. The van der Waals surface area contributed by atoms with Crippen molar-refractivity contribution in [3.8, 4) is 11.1 Å². The minimum Gasteiger partial charge on any atom is -1.00 e. The third-order valence-corrected chi connectivity index (χ3v) is 15.9. The summed E-state index contributed by atoms with van der Waals surface area (Å²) in [5.41, 5.74) is 13.6. The second kappa shape index (κ2) is 11.8. The minimum atomic E-state index is -2.43. The first-order valence-corrected chi connectivity index (χ1v) is 17.7. The Labute approximate surface area is 257 Å². The number of allylic oxidation sites excluding steroid dienone is 4. The molecule has 0 aliphatic heterocycles. The predicted molar refractivity (Wildman–Crippen MR) is 159 cm³/mol. The fraction of sp³-hybridized carbons (Fsp3) is 0.361. The molecule has 0 fully saturated rings. The second-order valence-electron chi connectivity index (χ2n) is 13.2. The van der Waals surface area contributed by atoms with Crippen LogP contribution in [-0.4, -0.2) is 3.71 Å². The van der Waals surface area contributed by atoms with E-state index in [1.54, 1.807) is 17.7 Å². The zero-order chi connectivity index (χ0) is 26.7. The Hall–Kier alpha value is -1.53. The summed E-state index contributed by atoms with van der Waals surface area (Å²) in [5, 5.41) is 0. The molecule has 0 radical (unpaired) electrons. The van der Waals surface area contributed by atoms with Gasteiger partial charge < -0.3 is 24.8 Å². The first-order chi connectivity index (χ1) is 17.3. The molecule has 3 heteroatoms. The molecule has 0 saturated carbocycles. The third-order valence-electron chi connectivity index (χ3n) is 8.39. The van der Waals surface area contributed by atoms with Crippen molar-refractivity contribution in [2.45, 2.75) is 79.6 Å². The first-order valence-electron chi connectivity index (χ1n) is 13.8. The van der Waals surface area contributed by atoms with Crippen LogP contribution in [0.1, 0.15) is 90.1 Å². The molecular formula is C36H42Cl2Zr. The minimum absolute atomic E-state index is 0. The summed E-state index contributed by atoms with van der Waals surface area (Å²) in [4.78, 5) is 0. The van der Waals surface area contributed by atoms with Crippen molar-refractivity contribution in [1.82, 2.24) is 0 Å². The molecule has 1 unspecified atom stereocenters. The van der Waals surface area contributed by atoms with Crippen LogP contribution in [0.25, 0.3) is 11.1 Å². The molecule has 0 aromatic heterocycles. The summed E-state index contributed by atoms with van der Waals surface area (Å²) >= 11 is -2.43. The third kappa shape index (κ3) is 6.22. The monoisotopic (exact) mass is 634 g/mol. The Morgan fingerprint density at radius 2 is 1.38 bits per heavy atom. The van der Waals surface area contributed by atoms with E-state index in [0.717, 1.165) is 6.42 Å². The number of hydrogen-bond donors (Lipinski definition) is 0. The molecule has 3 aromatic rings. The number of benzene rings is 3. The predicted octanol–water partition coefficient (Wildman–Crippen LogP) is 2.82. The topological polar surface area (TPSA) is 0 Å². The Morgan fingerprint density at radius 3 is 1.95 bits per heavy atom. The Balaban J connectivity index is 0.00000210. The van der Waals surface area contributed by atoms with E-state index >= 15 is 0 Å². The van der Waals surface area contributed by atoms with Crippen LogP contribution < -0.4 is 28.1 Å². The van der Waals surface area contributed by atoms with Crippen molar-refractivity contribution >= 4 is 6.98 Å². The van der Waals surface area contributed by atoms with Gasteiger partial charge in [0, 0.05) is 0 Å². The van der Waals surface area contributed by atoms with E-state index in [1.807, 2.05) is 0 Å². The van der Waals surface area contributed by atoms with E-state index < -0.39 is 21.3 Å². The van der Waals surface area contributed by atoms with E-state index in [-0.39, 0.29) is 35.6 Å². The maximum atomic E-state index is 2.72. The smallest absolute Gasteiger partial charge is 1.00 e. The molecule has 2 aliphatic rings. The molecule has 5 rings (SSSR count). The summed E-state index contributed by atoms with van der Waals surface area (Å²) < 4.78 is 6.16. The van der Waals surface area contributed by atoms with Gasteiger partial charge in [-0.3, -0.25) is 0 Å². The summed E-state index contributed by atoms with van der Waals surface area (Å²) in [6.45, 7) is 21.2. The Kier molecular flexibility index (Phi) is 9.65. The van der Waals surface area contributed by atoms with E-state index in [4.69, 9.17) is 0 Å². The normalized spacial score (nSPS) is 16.3. The molecule has 3 aromatic carbocycles. The van der Waals surface area contributed by atoms with Gasteiger partial charge in [-0.25, -0.2) is 0 Å². The zero-order valence-corrected chi connectivity index (χ0v) is 28.9. The largest absolute Gasteiger partial charge is 1.00 e. The van der Waals surface area contributed by atoms with Gasteiger partial charge in [-0.2, -0.15) is 0 Å². The van der Waals surface area contributed by atoms with Crippen LogP contribution in [-0.2, 0) is 38.5 Å². The number of hydrogen-bond acceptors (Lipinski definition) is 0. The van der Waals surface area contributed by atoms with Crippen LogP contribution in [0.3, 0.4) is 0 Å². The van der Waals surface area contributed by atoms with Gasteiger partial charge in [0.15, 0.2) is 0 Å². The fourth-order valence-electron chi connectivity index (χ4n) is 6.02. The molecule has 0 bridgehead atoms. The van der Waals surface area contributed by atoms with Crippen LogP contribution >= 0.6 is 0 Å². The van der Waals surface area contributed by atoms with Gasteiger partial charge in [-0.15, -0.1) is 0 Å². The van der Waals surface area contributed by atoms with Crippen molar-refractivity contribution < 1.29 is 46.1 Å². The summed E-state index contributed by atoms with van der Waals surface area (Å²) in [6, 6.07) is 23.5. The first kappa shape index (κ1) is 32.0. The van der Waals surface area contributed by atoms with Crippen molar-refractivity contribution in [3.05, 3.63) is 109 Å². The molecule has 2 aliphatic carbocycles. The van der Waals surface area contributed by atoms with Gasteiger partial charge in [0.25, 0.3) is 0 Å². The van der Waals surface area contributed by atoms with Crippen molar-refractivity contribution in [2.24, 2.45) is 5.92 Å². The number of rotatable bonds is 3. The summed E-state index contributed by atoms with van der Waals surface area (Å²) in [5.74, 6) is 0.527. The molecule has 0 amide bonds. The molecule has 0 heterocycles. The molecule has 1 atom stereocenters. The second-order valence-corrected chi connectivity index (χ2v) is 18.6. The molecule has 39 heavy (non-hydrogen) atoms. The Bertz CT molecular complexity index is 1470. The van der Waals surface area contributed by atoms with Gasteiger partial charge in [0.2, 0.25) is 0 Å². The summed E-state index contributed by atoms with van der Waals surface area (Å²) in [6.07, 6.45) is 3.57. The fourth-order valence-corrected chi connectivity index (χ4v) is 13.8. The van der Waals surface area contributed by atoms with E-state index in [2.05, 4.69) is 133 Å². The molecule has 0 nitrogen and oxygen atoms in total. The standard InChI is InChI=1S/C21H25.C8H11.C7H6.2ClH.Zr/c1-20(2,3)16-9-7-14-11-15-8-10-17(21(4,5)6)13-19(15)18(14)12-16;1-6-4-7(2)8(3)5-6;1-7-5-3-2-4-6-7;;;/h7,9-10,12-13H,11H2,1-6H3;4,6H,1-3H3;1-6H;2*1H;/q;;;;;+2/p-2. The van der Waals surface area contributed by atoms with Crippen molar-refractivity contribution in [2.75, 3.05) is 0 Å². The van der Waals surface area contributed by atoms with Crippen LogP contribution in [0.2, 0.25) is 0 Å². The molecule has 0 spiro atoms. The average molecular weight is 637 g/mol. The van der Waals surface area contributed by atoms with Gasteiger partial charge in [0.05, 0.1) is 0 Å². The van der Waals surface area contributed by atoms with E-state index in [1.165, 1.54) is 39.0 Å². The molecule has 204 valence electrons. The summed E-state index contributed by atoms with van der Waals surface area (Å²) in [7, 11) is 0. The van der Waals surface area contributed by atoms with E-state index in [0.29, 0.717) is 5.92 Å². The quantitative estimate of drug-likeness (QED) is 0.325. The number of halogens is 2. The van der Waals surface area contributed by atoms with Crippen LogP contribution in [0.15, 0.2) is 81.2 Å². The van der Waals surface area contributed by atoms with Crippen molar-refractivity contribution in [1.29, 1.82) is 0 Å². The number of fused-ring (bicyclic) bond motifs is 3. The van der Waals surface area contributed by atoms with Crippen LogP contribution in [0, 0.1) is 5.92 Å². The van der Waals surface area contributed by atoms with Gasteiger partial charge in [0.1, 0.15) is 0 Å². The van der Waals surface area contributed by atoms with Gasteiger partial charge >= 0.3 is 234 Å². The Morgan fingerprint density at radius 1 is 0.769 bits per heavy atom. The van der Waals surface area contributed by atoms with Gasteiger partial charge in [-0.1, -0.05) is 0 Å². The van der Waals surface area contributed by atoms with Gasteiger partial charge in [-0.05, 0) is 0 Å². The van der Waals surface area contributed by atoms with Crippen LogP contribution in [0.5, 0.6) is 0 Å². The maximum absolute atomic E-state index is 2.72. The maximum Gasteiger partial charge on any atom is -1.00 e. The molecular weight excluding hydrogens is 595 g/mol. The SMILES string of the molecule is CC1=CC(C)[C](/[Zr+2](=[CH]/c2ccccc2)[c]2cc(C(C)(C)C)cc3c2Cc2ccc(C(C)(C)C)cc2-3)=C1C.[Cl-].[Cl-]. The van der Waals surface area contributed by atoms with E-state index in [9.17, 15) is 0 Å². The zero-order valence-electron chi connectivity index (χ0n) is 25.0. The molecule has 0 saturated heterocycles. The van der Waals surface area contributed by atoms with Crippen molar-refractivity contribution in [3.63, 3.8) is 0 Å². The van der Waals surface area contributed by atoms with Crippen LogP contribution in [0.4, 0.5) is 0 Å².